The molecule has 0 bridgehead atoms. The van der Waals surface area contributed by atoms with Gasteiger partial charge in [0.15, 0.2) is 0 Å². The number of hydrogen-bond donors (Lipinski definition) is 1. The molecule has 0 aliphatic carbocycles. The van der Waals surface area contributed by atoms with Crippen LogP contribution in [0.1, 0.15) is 32.8 Å². The van der Waals surface area contributed by atoms with Gasteiger partial charge in [0, 0.05) is 17.0 Å². The quantitative estimate of drug-likeness (QED) is 0.756. The third kappa shape index (κ3) is 5.08. The first-order valence-electron chi connectivity index (χ1n) is 6.12. The number of nitrogens with one attached hydrogen (secondary N) is 1. The van der Waals surface area contributed by atoms with Crippen LogP contribution >= 0.6 is 11.8 Å². The van der Waals surface area contributed by atoms with E-state index in [1.165, 1.54) is 17.7 Å². The summed E-state index contributed by atoms with van der Waals surface area (Å²) in [5, 5.41) is 4.29. The van der Waals surface area contributed by atoms with Crippen LogP contribution in [-0.4, -0.2) is 23.6 Å². The lowest BCUT2D eigenvalue weighted by Gasteiger charge is -2.18. The molecule has 0 radical (unpaired) electrons. The highest BCUT2D eigenvalue weighted by molar-refractivity contribution is 7.99. The molecule has 0 aromatic carbocycles. The highest BCUT2D eigenvalue weighted by atomic mass is 32.2. The van der Waals surface area contributed by atoms with E-state index in [0.717, 1.165) is 18.2 Å². The Bertz CT molecular complexity index is 261. The second-order valence-electron chi connectivity index (χ2n) is 4.14. The van der Waals surface area contributed by atoms with Gasteiger partial charge in [0.2, 0.25) is 0 Å². The third-order valence-electron chi connectivity index (χ3n) is 2.71. The first-order valence-corrected chi connectivity index (χ1v) is 7.17. The Morgan fingerprint density at radius 1 is 1.44 bits per heavy atom. The monoisotopic (exact) mass is 241 g/mol. The van der Waals surface area contributed by atoms with Gasteiger partial charge in [-0.15, -0.1) is 0 Å². The van der Waals surface area contributed by atoms with Gasteiger partial charge in [-0.05, 0) is 31.0 Å². The maximum Gasteiger partial charge on any atom is 0.0935 e. The van der Waals surface area contributed by atoms with Gasteiger partial charge in [-0.1, -0.05) is 20.8 Å². The molecule has 0 aliphatic rings. The summed E-state index contributed by atoms with van der Waals surface area (Å²) >= 11 is 2.05. The van der Waals surface area contributed by atoms with Crippen molar-refractivity contribution in [3.63, 3.8) is 0 Å². The minimum Gasteiger partial charge on any atom is -0.472 e. The van der Waals surface area contributed by atoms with Crippen molar-refractivity contribution >= 4 is 11.8 Å². The number of rotatable bonds is 8. The Balaban J connectivity index is 2.35. The van der Waals surface area contributed by atoms with Crippen LogP contribution in [0.5, 0.6) is 0 Å². The molecule has 2 atom stereocenters. The fourth-order valence-corrected chi connectivity index (χ4v) is 2.60. The zero-order valence-corrected chi connectivity index (χ0v) is 11.3. The molecule has 0 fully saturated rings. The molecule has 3 heteroatoms. The zero-order valence-electron chi connectivity index (χ0n) is 10.5. The summed E-state index contributed by atoms with van der Waals surface area (Å²) in [5.74, 6) is 1.17. The average molecular weight is 241 g/mol. The summed E-state index contributed by atoms with van der Waals surface area (Å²) in [7, 11) is 0. The highest BCUT2D eigenvalue weighted by Gasteiger charge is 2.11. The van der Waals surface area contributed by atoms with E-state index in [4.69, 9.17) is 4.42 Å². The lowest BCUT2D eigenvalue weighted by Crippen LogP contribution is -2.33. The van der Waals surface area contributed by atoms with Gasteiger partial charge >= 0.3 is 0 Å². The van der Waals surface area contributed by atoms with Crippen molar-refractivity contribution in [1.82, 2.24) is 5.32 Å². The van der Waals surface area contributed by atoms with E-state index in [2.05, 4.69) is 43.9 Å². The van der Waals surface area contributed by atoms with Crippen molar-refractivity contribution in [1.29, 1.82) is 0 Å². The molecule has 16 heavy (non-hydrogen) atoms. The Kier molecular flexibility index (Phi) is 6.65. The smallest absolute Gasteiger partial charge is 0.0935 e. The van der Waals surface area contributed by atoms with Gasteiger partial charge in [-0.2, -0.15) is 11.8 Å². The van der Waals surface area contributed by atoms with E-state index in [9.17, 15) is 0 Å². The number of likely N-dealkylation sites (N-methyl/N-ethyl adjacent to an activating group) is 1. The van der Waals surface area contributed by atoms with Crippen LogP contribution in [0.2, 0.25) is 0 Å². The number of furan rings is 1. The topological polar surface area (TPSA) is 25.2 Å². The lowest BCUT2D eigenvalue weighted by molar-refractivity contribution is 0.547. The molecule has 2 nitrogen and oxygen atoms in total. The van der Waals surface area contributed by atoms with Crippen LogP contribution in [0.25, 0.3) is 0 Å². The molecule has 0 saturated carbocycles. The summed E-state index contributed by atoms with van der Waals surface area (Å²) in [6.45, 7) is 7.74. The second-order valence-corrected chi connectivity index (χ2v) is 5.61. The number of thioether (sulfide) groups is 1. The van der Waals surface area contributed by atoms with Crippen molar-refractivity contribution in [2.24, 2.45) is 0 Å². The summed E-state index contributed by atoms with van der Waals surface area (Å²) in [4.78, 5) is 0. The lowest BCUT2D eigenvalue weighted by atomic mass is 10.1. The van der Waals surface area contributed by atoms with Crippen LogP contribution in [0.4, 0.5) is 0 Å². The molecule has 1 rings (SSSR count). The fourth-order valence-electron chi connectivity index (χ4n) is 1.57. The third-order valence-corrected chi connectivity index (χ3v) is 4.21. The van der Waals surface area contributed by atoms with Crippen LogP contribution in [-0.2, 0) is 6.42 Å². The first kappa shape index (κ1) is 13.7. The summed E-state index contributed by atoms with van der Waals surface area (Å²) in [6, 6.07) is 2.61. The van der Waals surface area contributed by atoms with E-state index in [1.54, 1.807) is 6.26 Å². The van der Waals surface area contributed by atoms with Crippen molar-refractivity contribution < 1.29 is 4.42 Å². The maximum absolute atomic E-state index is 5.11. The van der Waals surface area contributed by atoms with Gasteiger partial charge < -0.3 is 9.73 Å². The van der Waals surface area contributed by atoms with Gasteiger partial charge in [0.25, 0.3) is 0 Å². The van der Waals surface area contributed by atoms with Gasteiger partial charge in [-0.25, -0.2) is 0 Å². The first-order chi connectivity index (χ1) is 7.76. The van der Waals surface area contributed by atoms with Gasteiger partial charge in [-0.3, -0.25) is 0 Å². The Morgan fingerprint density at radius 3 is 2.81 bits per heavy atom. The maximum atomic E-state index is 5.11. The van der Waals surface area contributed by atoms with Gasteiger partial charge in [0.05, 0.1) is 12.5 Å². The average Bonchev–Trinajstić information content (AvgIpc) is 2.78. The van der Waals surface area contributed by atoms with Crippen molar-refractivity contribution in [3.05, 3.63) is 24.2 Å². The molecule has 92 valence electrons. The molecular weight excluding hydrogens is 218 g/mol. The summed E-state index contributed by atoms with van der Waals surface area (Å²) < 4.78 is 5.11. The van der Waals surface area contributed by atoms with Crippen LogP contribution in [0.15, 0.2) is 23.0 Å². The normalized spacial score (nSPS) is 14.9. The number of hydrogen-bond acceptors (Lipinski definition) is 3. The Labute approximate surface area is 103 Å². The molecule has 0 saturated heterocycles. The molecule has 0 amide bonds. The summed E-state index contributed by atoms with van der Waals surface area (Å²) in [5.41, 5.74) is 1.29. The minimum atomic E-state index is 0.557. The molecule has 2 unspecified atom stereocenters. The van der Waals surface area contributed by atoms with Crippen molar-refractivity contribution in [3.8, 4) is 0 Å². The predicted octanol–water partition coefficient (Wildman–Crippen LogP) is 3.33. The molecule has 1 aromatic heterocycles. The molecule has 1 aromatic rings. The highest BCUT2D eigenvalue weighted by Crippen LogP contribution is 2.16. The van der Waals surface area contributed by atoms with Gasteiger partial charge in [0.1, 0.15) is 0 Å². The second kappa shape index (κ2) is 7.80. The van der Waals surface area contributed by atoms with Crippen LogP contribution in [0.3, 0.4) is 0 Å². The van der Waals surface area contributed by atoms with Crippen molar-refractivity contribution in [2.45, 2.75) is 44.9 Å². The Morgan fingerprint density at radius 2 is 2.25 bits per heavy atom. The molecule has 1 N–H and O–H groups in total. The molecule has 0 spiro atoms. The minimum absolute atomic E-state index is 0.557. The standard InChI is InChI=1S/C13H23NOS/c1-4-11(3)16-10-13(14-5-2)8-12-6-7-15-9-12/h6-7,9,11,13-14H,4-5,8,10H2,1-3H3. The SMILES string of the molecule is CCNC(CSC(C)CC)Cc1ccoc1. The summed E-state index contributed by atoms with van der Waals surface area (Å²) in [6.07, 6.45) is 5.90. The fraction of sp³-hybridized carbons (Fsp3) is 0.692. The van der Waals surface area contributed by atoms with E-state index in [0.29, 0.717) is 6.04 Å². The zero-order chi connectivity index (χ0) is 11.8. The predicted molar refractivity (Wildman–Crippen MR) is 72.1 cm³/mol. The van der Waals surface area contributed by atoms with E-state index in [-0.39, 0.29) is 0 Å². The molecule has 1 heterocycles. The molecule has 0 aliphatic heterocycles. The van der Waals surface area contributed by atoms with Crippen molar-refractivity contribution in [2.75, 3.05) is 12.3 Å². The van der Waals surface area contributed by atoms with E-state index >= 15 is 0 Å². The van der Waals surface area contributed by atoms with Crippen LogP contribution in [0, 0.1) is 0 Å². The Hall–Kier alpha value is -0.410. The largest absolute Gasteiger partial charge is 0.472 e. The van der Waals surface area contributed by atoms with E-state index < -0.39 is 0 Å². The molecular formula is C13H23NOS. The van der Waals surface area contributed by atoms with E-state index in [1.807, 2.05) is 6.26 Å². The van der Waals surface area contributed by atoms with Crippen LogP contribution < -0.4 is 5.32 Å².